The van der Waals surface area contributed by atoms with E-state index >= 15 is 0 Å². The van der Waals surface area contributed by atoms with Crippen LogP contribution in [0, 0.1) is 5.41 Å². The quantitative estimate of drug-likeness (QED) is 0.336. The molecule has 1 aromatic rings. The first kappa shape index (κ1) is 14.9. The van der Waals surface area contributed by atoms with Gasteiger partial charge < -0.3 is 16.3 Å². The first-order valence-corrected chi connectivity index (χ1v) is 6.29. The SMILES string of the molecule is CC(C)(CCNc1ccc(Cl)cc1Cl)C(N)=NO. The van der Waals surface area contributed by atoms with Crippen molar-refractivity contribution in [2.24, 2.45) is 16.3 Å². The van der Waals surface area contributed by atoms with Crippen LogP contribution in [0.5, 0.6) is 0 Å². The van der Waals surface area contributed by atoms with Gasteiger partial charge in [-0.15, -0.1) is 0 Å². The Morgan fingerprint density at radius 1 is 1.44 bits per heavy atom. The Morgan fingerprint density at radius 3 is 2.67 bits per heavy atom. The number of anilines is 1. The number of hydrogen-bond donors (Lipinski definition) is 3. The maximum Gasteiger partial charge on any atom is 0.144 e. The molecular weight excluding hydrogens is 273 g/mol. The number of nitrogens with one attached hydrogen (secondary N) is 1. The van der Waals surface area contributed by atoms with Gasteiger partial charge in [0.25, 0.3) is 0 Å². The lowest BCUT2D eigenvalue weighted by Crippen LogP contribution is -2.33. The molecule has 0 amide bonds. The highest BCUT2D eigenvalue weighted by Crippen LogP contribution is 2.26. The first-order valence-electron chi connectivity index (χ1n) is 5.54. The van der Waals surface area contributed by atoms with Gasteiger partial charge in [-0.05, 0) is 24.6 Å². The van der Waals surface area contributed by atoms with Gasteiger partial charge in [-0.1, -0.05) is 42.2 Å². The number of halogens is 2. The Morgan fingerprint density at radius 2 is 2.11 bits per heavy atom. The number of nitrogens with two attached hydrogens (primary N) is 1. The fraction of sp³-hybridized carbons (Fsp3) is 0.417. The lowest BCUT2D eigenvalue weighted by Gasteiger charge is -2.23. The maximum absolute atomic E-state index is 8.67. The summed E-state index contributed by atoms with van der Waals surface area (Å²) in [7, 11) is 0. The molecular formula is C12H17Cl2N3O. The highest BCUT2D eigenvalue weighted by molar-refractivity contribution is 6.36. The van der Waals surface area contributed by atoms with E-state index in [0.717, 1.165) is 5.69 Å². The highest BCUT2D eigenvalue weighted by Gasteiger charge is 2.22. The number of hydrogen-bond acceptors (Lipinski definition) is 3. The van der Waals surface area contributed by atoms with E-state index in [1.54, 1.807) is 12.1 Å². The Kier molecular flexibility index (Phi) is 5.11. The van der Waals surface area contributed by atoms with Gasteiger partial charge in [-0.25, -0.2) is 0 Å². The molecule has 6 heteroatoms. The van der Waals surface area contributed by atoms with E-state index in [0.29, 0.717) is 23.0 Å². The average Bonchev–Trinajstić information content (AvgIpc) is 2.30. The zero-order valence-corrected chi connectivity index (χ0v) is 11.9. The molecule has 0 radical (unpaired) electrons. The molecule has 0 aliphatic heterocycles. The van der Waals surface area contributed by atoms with Crippen molar-refractivity contribution in [3.63, 3.8) is 0 Å². The standard InChI is InChI=1S/C12H17Cl2N3O/c1-12(2,11(15)17-18)5-6-16-10-4-3-8(13)7-9(10)14/h3-4,7,16,18H,5-6H2,1-2H3,(H2,15,17). The second kappa shape index (κ2) is 6.16. The van der Waals surface area contributed by atoms with Crippen LogP contribution in [0.1, 0.15) is 20.3 Å². The highest BCUT2D eigenvalue weighted by atomic mass is 35.5. The van der Waals surface area contributed by atoms with Gasteiger partial charge in [-0.3, -0.25) is 0 Å². The smallest absolute Gasteiger partial charge is 0.144 e. The molecule has 100 valence electrons. The van der Waals surface area contributed by atoms with Crippen LogP contribution in [0.2, 0.25) is 10.0 Å². The van der Waals surface area contributed by atoms with Crippen LogP contribution in [0.4, 0.5) is 5.69 Å². The van der Waals surface area contributed by atoms with E-state index < -0.39 is 0 Å². The largest absolute Gasteiger partial charge is 0.409 e. The molecule has 0 fully saturated rings. The minimum absolute atomic E-state index is 0.214. The van der Waals surface area contributed by atoms with Crippen molar-refractivity contribution < 1.29 is 5.21 Å². The van der Waals surface area contributed by atoms with Crippen molar-refractivity contribution in [3.05, 3.63) is 28.2 Å². The summed E-state index contributed by atoms with van der Waals surface area (Å²) in [6.07, 6.45) is 0.710. The zero-order valence-electron chi connectivity index (χ0n) is 10.4. The van der Waals surface area contributed by atoms with Crippen LogP contribution in [-0.2, 0) is 0 Å². The molecule has 0 spiro atoms. The van der Waals surface area contributed by atoms with Crippen molar-refractivity contribution in [2.75, 3.05) is 11.9 Å². The summed E-state index contributed by atoms with van der Waals surface area (Å²) in [5, 5.41) is 16.1. The van der Waals surface area contributed by atoms with Crippen LogP contribution in [0.3, 0.4) is 0 Å². The Hall–Kier alpha value is -1.13. The van der Waals surface area contributed by atoms with E-state index in [4.69, 9.17) is 34.1 Å². The minimum atomic E-state index is -0.374. The second-order valence-electron chi connectivity index (χ2n) is 4.67. The number of rotatable bonds is 5. The summed E-state index contributed by atoms with van der Waals surface area (Å²) >= 11 is 11.8. The van der Waals surface area contributed by atoms with Crippen LogP contribution in [0.25, 0.3) is 0 Å². The summed E-state index contributed by atoms with van der Waals surface area (Å²) in [4.78, 5) is 0. The number of benzene rings is 1. The zero-order chi connectivity index (χ0) is 13.8. The van der Waals surface area contributed by atoms with Crippen molar-refractivity contribution >= 4 is 34.7 Å². The summed E-state index contributed by atoms with van der Waals surface area (Å²) < 4.78 is 0. The van der Waals surface area contributed by atoms with Crippen LogP contribution in [-0.4, -0.2) is 17.6 Å². The van der Waals surface area contributed by atoms with Crippen molar-refractivity contribution in [1.29, 1.82) is 0 Å². The molecule has 0 aliphatic carbocycles. The van der Waals surface area contributed by atoms with Crippen LogP contribution < -0.4 is 11.1 Å². The lowest BCUT2D eigenvalue weighted by molar-refractivity contribution is 0.306. The van der Waals surface area contributed by atoms with Gasteiger partial charge >= 0.3 is 0 Å². The third-order valence-electron chi connectivity index (χ3n) is 2.80. The Labute approximate surface area is 117 Å². The fourth-order valence-corrected chi connectivity index (χ4v) is 1.88. The molecule has 0 heterocycles. The molecule has 0 bridgehead atoms. The summed E-state index contributed by atoms with van der Waals surface area (Å²) in [6.45, 7) is 4.48. The third-order valence-corrected chi connectivity index (χ3v) is 3.35. The van der Waals surface area contributed by atoms with Crippen molar-refractivity contribution in [2.45, 2.75) is 20.3 Å². The van der Waals surface area contributed by atoms with Gasteiger partial charge in [0.05, 0.1) is 10.7 Å². The fourth-order valence-electron chi connectivity index (χ4n) is 1.41. The maximum atomic E-state index is 8.67. The van der Waals surface area contributed by atoms with Gasteiger partial charge in [-0.2, -0.15) is 0 Å². The molecule has 18 heavy (non-hydrogen) atoms. The lowest BCUT2D eigenvalue weighted by atomic mass is 9.88. The van der Waals surface area contributed by atoms with E-state index in [-0.39, 0.29) is 11.3 Å². The van der Waals surface area contributed by atoms with E-state index in [2.05, 4.69) is 10.5 Å². The van der Waals surface area contributed by atoms with Crippen molar-refractivity contribution in [1.82, 2.24) is 0 Å². The second-order valence-corrected chi connectivity index (χ2v) is 5.51. The van der Waals surface area contributed by atoms with Gasteiger partial charge in [0, 0.05) is 17.0 Å². The molecule has 0 saturated carbocycles. The number of oxime groups is 1. The van der Waals surface area contributed by atoms with Crippen molar-refractivity contribution in [3.8, 4) is 0 Å². The van der Waals surface area contributed by atoms with E-state index in [1.807, 2.05) is 19.9 Å². The Balaban J connectivity index is 2.57. The van der Waals surface area contributed by atoms with E-state index in [9.17, 15) is 0 Å². The average molecular weight is 290 g/mol. The van der Waals surface area contributed by atoms with Gasteiger partial charge in [0.1, 0.15) is 5.84 Å². The molecule has 1 rings (SSSR count). The summed E-state index contributed by atoms with van der Waals surface area (Å²) in [6, 6.07) is 5.27. The minimum Gasteiger partial charge on any atom is -0.409 e. The molecule has 4 N–H and O–H groups in total. The molecule has 0 unspecified atom stereocenters. The molecule has 0 aliphatic rings. The summed E-state index contributed by atoms with van der Waals surface area (Å²) in [5.74, 6) is 0.214. The van der Waals surface area contributed by atoms with Gasteiger partial charge in [0.15, 0.2) is 0 Å². The van der Waals surface area contributed by atoms with Crippen LogP contribution >= 0.6 is 23.2 Å². The summed E-state index contributed by atoms with van der Waals surface area (Å²) in [5.41, 5.74) is 6.05. The van der Waals surface area contributed by atoms with Crippen LogP contribution in [0.15, 0.2) is 23.4 Å². The molecule has 1 aromatic carbocycles. The topological polar surface area (TPSA) is 70.6 Å². The molecule has 4 nitrogen and oxygen atoms in total. The van der Waals surface area contributed by atoms with E-state index in [1.165, 1.54) is 0 Å². The Bertz CT molecular complexity index is 447. The molecule has 0 aromatic heterocycles. The monoisotopic (exact) mass is 289 g/mol. The predicted molar refractivity (Wildman–Crippen MR) is 76.8 cm³/mol. The molecule has 0 saturated heterocycles. The predicted octanol–water partition coefficient (Wildman–Crippen LogP) is 3.57. The third kappa shape index (κ3) is 3.96. The normalized spacial score (nSPS) is 12.6. The van der Waals surface area contributed by atoms with Gasteiger partial charge in [0.2, 0.25) is 0 Å². The molecule has 0 atom stereocenters. The number of nitrogens with zero attached hydrogens (tertiary/aromatic N) is 1. The first-order chi connectivity index (χ1) is 8.36. The number of amidine groups is 1.